The number of benzene rings is 2. The largest absolute Gasteiger partial charge is 0.308 e. The molecule has 1 aliphatic rings. The highest BCUT2D eigenvalue weighted by molar-refractivity contribution is 5.44. The molecule has 4 nitrogen and oxygen atoms in total. The van der Waals surface area contributed by atoms with Crippen LogP contribution in [-0.2, 0) is 6.42 Å². The lowest BCUT2D eigenvalue weighted by Crippen LogP contribution is -2.27. The minimum absolute atomic E-state index is 0.131. The Morgan fingerprint density at radius 3 is 2.38 bits per heavy atom. The van der Waals surface area contributed by atoms with Crippen LogP contribution in [0.3, 0.4) is 0 Å². The molecule has 0 aliphatic heterocycles. The second kappa shape index (κ2) is 8.67. The van der Waals surface area contributed by atoms with Crippen molar-refractivity contribution in [2.45, 2.75) is 52.0 Å². The molecule has 0 N–H and O–H groups in total. The number of halogens is 2. The molecule has 5 rings (SSSR count). The molecule has 0 spiro atoms. The second-order valence-electron chi connectivity index (χ2n) is 9.38. The van der Waals surface area contributed by atoms with Gasteiger partial charge in [0.25, 0.3) is 5.56 Å². The van der Waals surface area contributed by atoms with Gasteiger partial charge in [-0.2, -0.15) is 0 Å². The first-order chi connectivity index (χ1) is 16.3. The summed E-state index contributed by atoms with van der Waals surface area (Å²) in [5, 5.41) is 0. The smallest absolute Gasteiger partial charge is 0.254 e. The van der Waals surface area contributed by atoms with E-state index in [4.69, 9.17) is 0 Å². The monoisotopic (exact) mass is 459 g/mol. The standard InChI is InChI=1S/C28H27F2N3O/c1-17-8-20(4-7-27(17)32-14-18(2)31-16-32)9-23-10-24(21-5-6-21)15-33(28(23)34)19(3)22-11-25(29)13-26(30)12-22/h4,7-8,10-16,19,21H,5-6,9H2,1-3H3/t19-/m0/s1. The van der Waals surface area contributed by atoms with E-state index in [-0.39, 0.29) is 5.56 Å². The molecule has 2 aromatic carbocycles. The third kappa shape index (κ3) is 4.45. The van der Waals surface area contributed by atoms with Gasteiger partial charge in [-0.25, -0.2) is 13.8 Å². The molecule has 0 radical (unpaired) electrons. The molecule has 1 aliphatic carbocycles. The molecule has 0 unspecified atom stereocenters. The van der Waals surface area contributed by atoms with E-state index in [2.05, 4.69) is 11.1 Å². The van der Waals surface area contributed by atoms with Gasteiger partial charge < -0.3 is 9.13 Å². The molecule has 34 heavy (non-hydrogen) atoms. The lowest BCUT2D eigenvalue weighted by atomic mass is 10.00. The maximum absolute atomic E-state index is 13.9. The Labute approximate surface area is 197 Å². The van der Waals surface area contributed by atoms with Crippen LogP contribution in [0.4, 0.5) is 8.78 Å². The lowest BCUT2D eigenvalue weighted by molar-refractivity contribution is 0.557. The Morgan fingerprint density at radius 2 is 1.76 bits per heavy atom. The Balaban J connectivity index is 1.51. The third-order valence-corrected chi connectivity index (χ3v) is 6.62. The van der Waals surface area contributed by atoms with Gasteiger partial charge >= 0.3 is 0 Å². The normalized spacial score (nSPS) is 14.4. The Bertz CT molecular complexity index is 1410. The first-order valence-electron chi connectivity index (χ1n) is 11.6. The number of hydrogen-bond donors (Lipinski definition) is 0. The van der Waals surface area contributed by atoms with Crippen LogP contribution < -0.4 is 5.56 Å². The van der Waals surface area contributed by atoms with E-state index in [0.29, 0.717) is 23.5 Å². The molecule has 0 amide bonds. The minimum atomic E-state index is -0.642. The molecule has 2 aromatic heterocycles. The van der Waals surface area contributed by atoms with Gasteiger partial charge in [-0.3, -0.25) is 4.79 Å². The number of hydrogen-bond acceptors (Lipinski definition) is 2. The number of nitrogens with zero attached hydrogens (tertiary/aromatic N) is 3. The number of aromatic nitrogens is 3. The summed E-state index contributed by atoms with van der Waals surface area (Å²) in [4.78, 5) is 17.8. The van der Waals surface area contributed by atoms with Gasteiger partial charge in [0.05, 0.1) is 18.1 Å². The van der Waals surface area contributed by atoms with E-state index >= 15 is 0 Å². The number of pyridine rings is 1. The maximum Gasteiger partial charge on any atom is 0.254 e. The summed E-state index contributed by atoms with van der Waals surface area (Å²) in [6.07, 6.45) is 8.33. The molecule has 4 aromatic rings. The number of aryl methyl sites for hydroxylation is 2. The molecule has 0 saturated heterocycles. The van der Waals surface area contributed by atoms with E-state index in [1.807, 2.05) is 55.9 Å². The van der Waals surface area contributed by atoms with E-state index in [1.165, 1.54) is 12.1 Å². The Hall–Kier alpha value is -3.54. The number of rotatable bonds is 6. The lowest BCUT2D eigenvalue weighted by Gasteiger charge is -2.19. The van der Waals surface area contributed by atoms with Gasteiger partial charge in [0, 0.05) is 36.1 Å². The summed E-state index contributed by atoms with van der Waals surface area (Å²) in [5.41, 5.74) is 6.25. The summed E-state index contributed by atoms with van der Waals surface area (Å²) in [5.74, 6) is -0.843. The third-order valence-electron chi connectivity index (χ3n) is 6.62. The zero-order chi connectivity index (χ0) is 24.0. The predicted octanol–water partition coefficient (Wildman–Crippen LogP) is 6.01. The first kappa shape index (κ1) is 22.3. The minimum Gasteiger partial charge on any atom is -0.308 e. The van der Waals surface area contributed by atoms with Crippen LogP contribution >= 0.6 is 0 Å². The Kier molecular flexibility index (Phi) is 5.68. The van der Waals surface area contributed by atoms with Gasteiger partial charge in [-0.1, -0.05) is 12.1 Å². The fraction of sp³-hybridized carbons (Fsp3) is 0.286. The highest BCUT2D eigenvalue weighted by Gasteiger charge is 2.26. The van der Waals surface area contributed by atoms with E-state index in [9.17, 15) is 13.6 Å². The van der Waals surface area contributed by atoms with Crippen molar-refractivity contribution in [2.75, 3.05) is 0 Å². The molecular formula is C28H27F2N3O. The highest BCUT2D eigenvalue weighted by Crippen LogP contribution is 2.40. The van der Waals surface area contributed by atoms with Gasteiger partial charge in [0.2, 0.25) is 0 Å². The van der Waals surface area contributed by atoms with E-state index < -0.39 is 17.7 Å². The molecule has 1 fully saturated rings. The first-order valence-corrected chi connectivity index (χ1v) is 11.6. The van der Waals surface area contributed by atoms with Crippen LogP contribution in [0, 0.1) is 25.5 Å². The zero-order valence-corrected chi connectivity index (χ0v) is 19.6. The van der Waals surface area contributed by atoms with Crippen molar-refractivity contribution >= 4 is 0 Å². The second-order valence-corrected chi connectivity index (χ2v) is 9.38. The van der Waals surface area contributed by atoms with Crippen molar-refractivity contribution in [2.24, 2.45) is 0 Å². The topological polar surface area (TPSA) is 39.8 Å². The van der Waals surface area contributed by atoms with Crippen LogP contribution in [0.1, 0.15) is 65.2 Å². The molecule has 174 valence electrons. The van der Waals surface area contributed by atoms with Gasteiger partial charge in [-0.05, 0) is 86.1 Å². The van der Waals surface area contributed by atoms with E-state index in [1.54, 1.807) is 10.9 Å². The van der Waals surface area contributed by atoms with Crippen molar-refractivity contribution in [3.05, 3.63) is 117 Å². The molecule has 6 heteroatoms. The van der Waals surface area contributed by atoms with Crippen molar-refractivity contribution in [1.29, 1.82) is 0 Å². The molecule has 1 atom stereocenters. The quantitative estimate of drug-likeness (QED) is 0.354. The Morgan fingerprint density at radius 1 is 1.03 bits per heavy atom. The van der Waals surface area contributed by atoms with Crippen molar-refractivity contribution in [1.82, 2.24) is 14.1 Å². The van der Waals surface area contributed by atoms with Crippen LogP contribution in [0.5, 0.6) is 0 Å². The summed E-state index contributed by atoms with van der Waals surface area (Å²) < 4.78 is 31.3. The van der Waals surface area contributed by atoms with Crippen LogP contribution in [0.2, 0.25) is 0 Å². The summed E-state index contributed by atoms with van der Waals surface area (Å²) in [7, 11) is 0. The number of imidazole rings is 1. The molecular weight excluding hydrogens is 432 g/mol. The van der Waals surface area contributed by atoms with Crippen LogP contribution in [-0.4, -0.2) is 14.1 Å². The fourth-order valence-corrected chi connectivity index (χ4v) is 4.61. The van der Waals surface area contributed by atoms with Crippen LogP contribution in [0.15, 0.2) is 66.0 Å². The highest BCUT2D eigenvalue weighted by atomic mass is 19.1. The summed E-state index contributed by atoms with van der Waals surface area (Å²) in [6.45, 7) is 5.81. The maximum atomic E-state index is 13.9. The van der Waals surface area contributed by atoms with Crippen molar-refractivity contribution < 1.29 is 8.78 Å². The SMILES string of the molecule is Cc1cn(-c2ccc(Cc3cc(C4CC4)cn([C@@H](C)c4cc(F)cc(F)c4)c3=O)cc2C)cn1. The van der Waals surface area contributed by atoms with Gasteiger partial charge in [0.1, 0.15) is 11.6 Å². The summed E-state index contributed by atoms with van der Waals surface area (Å²) in [6, 6.07) is 11.2. The summed E-state index contributed by atoms with van der Waals surface area (Å²) >= 11 is 0. The molecule has 2 heterocycles. The zero-order valence-electron chi connectivity index (χ0n) is 19.6. The molecule has 0 bridgehead atoms. The average molecular weight is 460 g/mol. The van der Waals surface area contributed by atoms with Crippen molar-refractivity contribution in [3.8, 4) is 5.69 Å². The fourth-order valence-electron chi connectivity index (χ4n) is 4.61. The van der Waals surface area contributed by atoms with Crippen molar-refractivity contribution in [3.63, 3.8) is 0 Å². The van der Waals surface area contributed by atoms with Gasteiger partial charge in [0.15, 0.2) is 0 Å². The predicted molar refractivity (Wildman–Crippen MR) is 129 cm³/mol. The molecule has 1 saturated carbocycles. The van der Waals surface area contributed by atoms with Gasteiger partial charge in [-0.15, -0.1) is 0 Å². The average Bonchev–Trinajstić information content (AvgIpc) is 3.55. The van der Waals surface area contributed by atoms with Crippen LogP contribution in [0.25, 0.3) is 5.69 Å². The van der Waals surface area contributed by atoms with E-state index in [0.717, 1.165) is 47.0 Å².